The molecule has 0 saturated carbocycles. The van der Waals surface area contributed by atoms with Crippen molar-refractivity contribution in [2.75, 3.05) is 13.2 Å². The van der Waals surface area contributed by atoms with Gasteiger partial charge in [-0.1, -0.05) is 51.1 Å². The lowest BCUT2D eigenvalue weighted by atomic mass is 9.83. The Morgan fingerprint density at radius 3 is 2.66 bits per heavy atom. The van der Waals surface area contributed by atoms with Gasteiger partial charge in [-0.05, 0) is 31.0 Å². The first-order chi connectivity index (χ1) is 14.7. The third-order valence-electron chi connectivity index (χ3n) is 5.49. The third kappa shape index (κ3) is 5.71. The van der Waals surface area contributed by atoms with Gasteiger partial charge in [-0.25, -0.2) is 9.78 Å². The first-order valence-electron chi connectivity index (χ1n) is 10.6. The smallest absolute Gasteiger partial charge is 0.330 e. The highest BCUT2D eigenvalue weighted by molar-refractivity contribution is 8.93. The Morgan fingerprint density at radius 2 is 1.97 bits per heavy atom. The van der Waals surface area contributed by atoms with Crippen LogP contribution in [0.1, 0.15) is 60.6 Å². The molecule has 2 heterocycles. The molecule has 1 N–H and O–H groups in total. The monoisotopic (exact) mass is 499 g/mol. The topological polar surface area (TPSA) is 83.4 Å². The minimum absolute atomic E-state index is 0. The molecular weight excluding hydrogens is 470 g/mol. The first kappa shape index (κ1) is 25.5. The quantitative estimate of drug-likeness (QED) is 0.324. The van der Waals surface area contributed by atoms with Crippen LogP contribution in [0, 0.1) is 5.41 Å². The number of nitrogens with one attached hydrogen (secondary N) is 1. The maximum Gasteiger partial charge on any atom is 0.330 e. The van der Waals surface area contributed by atoms with Crippen molar-refractivity contribution in [1.29, 1.82) is 5.41 Å². The highest BCUT2D eigenvalue weighted by atomic mass is 79.9. The minimum Gasteiger partial charge on any atom is -0.463 e. The summed E-state index contributed by atoms with van der Waals surface area (Å²) in [6, 6.07) is 11.4. The van der Waals surface area contributed by atoms with Gasteiger partial charge in [0, 0.05) is 34.9 Å². The zero-order valence-corrected chi connectivity index (χ0v) is 20.7. The van der Waals surface area contributed by atoms with Gasteiger partial charge in [0.25, 0.3) is 0 Å². The van der Waals surface area contributed by atoms with E-state index in [-0.39, 0.29) is 35.3 Å². The van der Waals surface area contributed by atoms with E-state index in [1.54, 1.807) is 24.0 Å². The Bertz CT molecular complexity index is 1050. The summed E-state index contributed by atoms with van der Waals surface area (Å²) in [6.45, 7) is 8.74. The number of carbonyl (C=O) groups is 2. The van der Waals surface area contributed by atoms with E-state index in [0.29, 0.717) is 30.2 Å². The number of nitrogens with zero attached hydrogens (tertiary/aromatic N) is 2. The molecule has 0 unspecified atom stereocenters. The summed E-state index contributed by atoms with van der Waals surface area (Å²) in [5.41, 5.74) is 3.66. The number of halogens is 1. The van der Waals surface area contributed by atoms with E-state index >= 15 is 0 Å². The van der Waals surface area contributed by atoms with Gasteiger partial charge in [0.15, 0.2) is 5.78 Å². The van der Waals surface area contributed by atoms with Crippen LogP contribution in [-0.2, 0) is 27.9 Å². The van der Waals surface area contributed by atoms with E-state index in [4.69, 9.17) is 10.1 Å². The number of carbonyl (C=O) groups excluding carboxylic acids is 2. The van der Waals surface area contributed by atoms with E-state index in [0.717, 1.165) is 23.2 Å². The number of pyridine rings is 1. The maximum absolute atomic E-state index is 13.0. The number of hydrogen-bond donors (Lipinski definition) is 1. The molecule has 2 aromatic rings. The standard InChI is InChI=1S/C25H29N3O3.BrH/c1-5-20-11-10-18-15-28(24(26)23(18)27-20)16-21(29)17-8-7-9-19(14-17)25(3,4)13-12-22(30)31-6-2;/h7-14,26H,5-6,15-16H2,1-4H3;1H/b13-12+,26-24?;. The number of benzene rings is 1. The number of hydrogen-bond acceptors (Lipinski definition) is 5. The summed E-state index contributed by atoms with van der Waals surface area (Å²) in [4.78, 5) is 31.0. The highest BCUT2D eigenvalue weighted by Crippen LogP contribution is 2.27. The van der Waals surface area contributed by atoms with Crippen molar-refractivity contribution in [2.24, 2.45) is 0 Å². The Balaban J connectivity index is 0.00000363. The van der Waals surface area contributed by atoms with E-state index < -0.39 is 5.41 Å². The molecular formula is C25H30BrN3O3. The van der Waals surface area contributed by atoms with E-state index in [1.165, 1.54) is 6.08 Å². The number of esters is 1. The fraction of sp³-hybridized carbons (Fsp3) is 0.360. The average molecular weight is 500 g/mol. The Morgan fingerprint density at radius 1 is 1.22 bits per heavy atom. The number of allylic oxidation sites excluding steroid dienone is 1. The highest BCUT2D eigenvalue weighted by Gasteiger charge is 2.28. The molecule has 32 heavy (non-hydrogen) atoms. The lowest BCUT2D eigenvalue weighted by molar-refractivity contribution is -0.137. The largest absolute Gasteiger partial charge is 0.463 e. The molecule has 0 spiro atoms. The number of Topliss-reactive ketones (excluding diaryl/α,β-unsaturated/α-hetero) is 1. The predicted molar refractivity (Wildman–Crippen MR) is 131 cm³/mol. The van der Waals surface area contributed by atoms with Crippen molar-refractivity contribution in [1.82, 2.24) is 9.88 Å². The Kier molecular flexibility index (Phi) is 8.50. The van der Waals surface area contributed by atoms with Crippen molar-refractivity contribution in [3.63, 3.8) is 0 Å². The van der Waals surface area contributed by atoms with Crippen LogP contribution in [0.5, 0.6) is 0 Å². The number of aromatic nitrogens is 1. The number of ether oxygens (including phenoxy) is 1. The lowest BCUT2D eigenvalue weighted by Crippen LogP contribution is -2.30. The molecule has 0 radical (unpaired) electrons. The summed E-state index contributed by atoms with van der Waals surface area (Å²) >= 11 is 0. The lowest BCUT2D eigenvalue weighted by Gasteiger charge is -2.22. The van der Waals surface area contributed by atoms with Gasteiger partial charge in [-0.3, -0.25) is 10.2 Å². The molecule has 170 valence electrons. The normalized spacial score (nSPS) is 13.1. The van der Waals surface area contributed by atoms with E-state index in [2.05, 4.69) is 4.98 Å². The second-order valence-corrected chi connectivity index (χ2v) is 8.18. The Labute approximate surface area is 200 Å². The van der Waals surface area contributed by atoms with Gasteiger partial charge in [0.1, 0.15) is 11.5 Å². The number of rotatable bonds is 8. The second-order valence-electron chi connectivity index (χ2n) is 8.18. The van der Waals surface area contributed by atoms with Crippen LogP contribution in [-0.4, -0.2) is 40.6 Å². The molecule has 1 aliphatic heterocycles. The second kappa shape index (κ2) is 10.7. The molecule has 0 fully saturated rings. The molecule has 1 aliphatic rings. The summed E-state index contributed by atoms with van der Waals surface area (Å²) in [7, 11) is 0. The zero-order valence-electron chi connectivity index (χ0n) is 19.0. The van der Waals surface area contributed by atoms with Crippen molar-refractivity contribution < 1.29 is 14.3 Å². The molecule has 0 saturated heterocycles. The van der Waals surface area contributed by atoms with Crippen LogP contribution >= 0.6 is 17.0 Å². The summed E-state index contributed by atoms with van der Waals surface area (Å²) in [5, 5.41) is 8.44. The summed E-state index contributed by atoms with van der Waals surface area (Å²) in [5.74, 6) is -0.137. The van der Waals surface area contributed by atoms with Crippen LogP contribution in [0.15, 0.2) is 48.6 Å². The molecule has 0 amide bonds. The average Bonchev–Trinajstić information content (AvgIpc) is 3.07. The number of amidine groups is 1. The van der Waals surface area contributed by atoms with Gasteiger partial charge in [0.05, 0.1) is 13.2 Å². The van der Waals surface area contributed by atoms with E-state index in [1.807, 2.05) is 51.1 Å². The van der Waals surface area contributed by atoms with Gasteiger partial charge in [0.2, 0.25) is 0 Å². The summed E-state index contributed by atoms with van der Waals surface area (Å²) < 4.78 is 4.95. The Hall–Kier alpha value is -2.80. The van der Waals surface area contributed by atoms with E-state index in [9.17, 15) is 9.59 Å². The number of ketones is 1. The van der Waals surface area contributed by atoms with Crippen LogP contribution in [0.3, 0.4) is 0 Å². The fourth-order valence-corrected chi connectivity index (χ4v) is 3.55. The number of fused-ring (bicyclic) bond motifs is 1. The summed E-state index contributed by atoms with van der Waals surface area (Å²) in [6.07, 6.45) is 4.03. The van der Waals surface area contributed by atoms with Gasteiger partial charge >= 0.3 is 5.97 Å². The van der Waals surface area contributed by atoms with Crippen molar-refractivity contribution in [3.8, 4) is 0 Å². The first-order valence-corrected chi connectivity index (χ1v) is 10.6. The molecule has 0 aliphatic carbocycles. The molecule has 3 rings (SSSR count). The van der Waals surface area contributed by atoms with Crippen molar-refractivity contribution in [2.45, 2.75) is 46.1 Å². The fourth-order valence-electron chi connectivity index (χ4n) is 3.55. The molecule has 0 atom stereocenters. The predicted octanol–water partition coefficient (Wildman–Crippen LogP) is 4.64. The molecule has 7 heteroatoms. The third-order valence-corrected chi connectivity index (χ3v) is 5.49. The molecule has 1 aromatic heterocycles. The van der Waals surface area contributed by atoms with Crippen molar-refractivity contribution >= 4 is 34.6 Å². The zero-order chi connectivity index (χ0) is 22.6. The van der Waals surface area contributed by atoms with Crippen LogP contribution < -0.4 is 0 Å². The van der Waals surface area contributed by atoms with Crippen LogP contribution in [0.25, 0.3) is 0 Å². The van der Waals surface area contributed by atoms with Gasteiger partial charge in [-0.2, -0.15) is 0 Å². The van der Waals surface area contributed by atoms with Gasteiger partial charge in [-0.15, -0.1) is 17.0 Å². The minimum atomic E-state index is -0.444. The molecule has 6 nitrogen and oxygen atoms in total. The molecule has 0 bridgehead atoms. The van der Waals surface area contributed by atoms with Crippen LogP contribution in [0.2, 0.25) is 0 Å². The van der Waals surface area contributed by atoms with Crippen LogP contribution in [0.4, 0.5) is 0 Å². The van der Waals surface area contributed by atoms with Crippen molar-refractivity contribution in [3.05, 3.63) is 76.6 Å². The number of aryl methyl sites for hydroxylation is 1. The van der Waals surface area contributed by atoms with Gasteiger partial charge < -0.3 is 9.64 Å². The SMILES string of the molecule is Br.CCOC(=O)/C=C/C(C)(C)c1cccc(C(=O)CN2Cc3ccc(CC)nc3C2=N)c1. The maximum atomic E-state index is 13.0. The molecule has 1 aromatic carbocycles.